The van der Waals surface area contributed by atoms with E-state index in [1.165, 1.54) is 20.8 Å². The number of nitrogens with one attached hydrogen (secondary N) is 2. The van der Waals surface area contributed by atoms with E-state index >= 15 is 0 Å². The van der Waals surface area contributed by atoms with Gasteiger partial charge in [-0.25, -0.2) is 4.79 Å². The number of alkyl carbamates (subject to hydrolysis) is 1. The lowest BCUT2D eigenvalue weighted by Crippen LogP contribution is -2.48. The average molecular weight is 2030 g/mol. The zero-order chi connectivity index (χ0) is 103. The normalized spacial score (nSPS) is 21.7. The van der Waals surface area contributed by atoms with Crippen molar-refractivity contribution in [2.24, 2.45) is 58.7 Å². The summed E-state index contributed by atoms with van der Waals surface area (Å²) in [4.78, 5) is 128. The molecule has 3 fully saturated rings. The van der Waals surface area contributed by atoms with Crippen LogP contribution in [-0.2, 0) is 168 Å². The van der Waals surface area contributed by atoms with Crippen LogP contribution in [0.1, 0.15) is 211 Å². The van der Waals surface area contributed by atoms with Crippen molar-refractivity contribution < 1.29 is 166 Å². The third-order valence-electron chi connectivity index (χ3n) is 25.7. The summed E-state index contributed by atoms with van der Waals surface area (Å²) in [5.74, 6) is 0.377. The molecule has 15 unspecified atom stereocenters. The van der Waals surface area contributed by atoms with Gasteiger partial charge in [-0.05, 0) is 86.0 Å². The van der Waals surface area contributed by atoms with Gasteiger partial charge in [-0.3, -0.25) is 43.2 Å². The van der Waals surface area contributed by atoms with E-state index < -0.39 is 36.3 Å². The fourth-order valence-electron chi connectivity index (χ4n) is 15.9. The summed E-state index contributed by atoms with van der Waals surface area (Å²) in [5, 5.41) is 5.57. The lowest BCUT2D eigenvalue weighted by atomic mass is 9.79. The van der Waals surface area contributed by atoms with Crippen LogP contribution >= 0.6 is 0 Å². The van der Waals surface area contributed by atoms with Gasteiger partial charge in [0.2, 0.25) is 11.8 Å². The zero-order valence-corrected chi connectivity index (χ0v) is 88.0. The summed E-state index contributed by atoms with van der Waals surface area (Å²) < 4.78 is 145. The van der Waals surface area contributed by atoms with Crippen molar-refractivity contribution in [1.82, 2.24) is 15.5 Å². The molecular weight excluding hydrogens is 1850 g/mol. The first-order valence-electron chi connectivity index (χ1n) is 52.1. The molecule has 3 amide bonds. The molecule has 2 N–H and O–H groups in total. The highest BCUT2D eigenvalue weighted by Gasteiger charge is 2.44. The molecule has 3 aliphatic rings. The largest absolute Gasteiger partial charge is 0.463 e. The summed E-state index contributed by atoms with van der Waals surface area (Å²) in [6.45, 7) is 36.5. The second-order valence-electron chi connectivity index (χ2n) is 37.2. The first kappa shape index (κ1) is 128. The van der Waals surface area contributed by atoms with Crippen molar-refractivity contribution in [2.45, 2.75) is 249 Å². The van der Waals surface area contributed by atoms with E-state index in [1.807, 2.05) is 37.3 Å². The Bertz CT molecular complexity index is 3210. The highest BCUT2D eigenvalue weighted by molar-refractivity contribution is 5.85. The van der Waals surface area contributed by atoms with Gasteiger partial charge >= 0.3 is 24.0 Å². The topological polar surface area (TPSA) is 429 Å². The summed E-state index contributed by atoms with van der Waals surface area (Å²) in [7, 11) is 0. The number of hydrogen-bond donors (Lipinski definition) is 2. The van der Waals surface area contributed by atoms with Crippen LogP contribution in [0.2, 0.25) is 0 Å². The van der Waals surface area contributed by atoms with Crippen LogP contribution in [-0.4, -0.2) is 365 Å². The van der Waals surface area contributed by atoms with Gasteiger partial charge in [-0.1, -0.05) is 106 Å². The van der Waals surface area contributed by atoms with Gasteiger partial charge in [0.05, 0.1) is 177 Å². The minimum Gasteiger partial charge on any atom is -0.463 e. The number of amides is 3. The Labute approximate surface area is 844 Å². The lowest BCUT2D eigenvalue weighted by Gasteiger charge is -2.43. The van der Waals surface area contributed by atoms with Gasteiger partial charge < -0.3 is 134 Å². The van der Waals surface area contributed by atoms with Crippen molar-refractivity contribution in [2.75, 3.05) is 264 Å². The molecule has 0 saturated carbocycles. The number of benzene rings is 1. The Morgan fingerprint density at radius 2 is 0.620 bits per heavy atom. The van der Waals surface area contributed by atoms with Crippen molar-refractivity contribution in [3.05, 3.63) is 35.9 Å². The fourth-order valence-corrected chi connectivity index (χ4v) is 15.9. The number of carbonyl (C=O) groups excluding carboxylic acids is 10. The molecule has 38 heteroatoms. The third-order valence-corrected chi connectivity index (χ3v) is 25.7. The molecule has 3 saturated heterocycles. The van der Waals surface area contributed by atoms with Crippen molar-refractivity contribution >= 4 is 58.9 Å². The minimum atomic E-state index is -1.05. The number of Topliss-reactive ketones (excluding diaryl/α,β-unsaturated/α-hetero) is 4. The van der Waals surface area contributed by atoms with Crippen molar-refractivity contribution in [1.29, 1.82) is 0 Å². The van der Waals surface area contributed by atoms with Gasteiger partial charge in [0.15, 0.2) is 18.9 Å². The summed E-state index contributed by atoms with van der Waals surface area (Å²) in [6.07, 6.45) is 3.51. The summed E-state index contributed by atoms with van der Waals surface area (Å²) in [5.41, 5.74) is -0.218. The molecule has 0 aliphatic carbocycles. The number of unbranched alkanes of at least 4 members (excludes halogenated alkanes) is 1. The van der Waals surface area contributed by atoms with Crippen LogP contribution in [0, 0.1) is 58.7 Å². The van der Waals surface area contributed by atoms with E-state index in [2.05, 4.69) is 72.9 Å². The number of ether oxygens (including phenoxy) is 25. The first-order chi connectivity index (χ1) is 68.6. The maximum Gasteiger partial charge on any atom is 0.407 e. The monoisotopic (exact) mass is 2030 g/mol. The quantitative estimate of drug-likeness (QED) is 0.0347. The van der Waals surface area contributed by atoms with E-state index in [0.717, 1.165) is 12.0 Å². The molecule has 3 aliphatic heterocycles. The standard InChI is InChI=1S/C104H179N3O35/c1-14-15-30-99(116)107(39-37-106-103(117)139-71-90-25-17-16-18-26-90)38-36-105-98(115)32-31-94(114)70-104(75-130-46-22-43-118-49-33-91(111)27-19-40-121-52-55-124-58-61-127-64-67-133-100-84(8)78(2)81(5)95(140-100)72-136-87(11)108,76-131-47-23-44-119-50-34-92(112)28-20-41-122-53-56-125-59-62-128-65-68-134-101-85(9)79(3)82(6)96(141-101)73-137-88(12)109)77-132-48-24-45-120-51-35-93(113)29-21-42-123-54-57-126-60-63-129-66-69-135-102-86(10)80(4)83(7)97(142-102)74-138-89(13)110/h16-18,25-26,78-86,95-97,100-102H,14-15,19-24,27-77H2,1-13H3,(H,105,115)(H,106,117). The molecule has 0 radical (unpaired) electrons. The van der Waals surface area contributed by atoms with Crippen molar-refractivity contribution in [3.63, 3.8) is 0 Å². The predicted molar refractivity (Wildman–Crippen MR) is 524 cm³/mol. The van der Waals surface area contributed by atoms with Crippen LogP contribution in [0.5, 0.6) is 0 Å². The third kappa shape index (κ3) is 61.5. The Kier molecular flexibility index (Phi) is 73.6. The van der Waals surface area contributed by atoms with Crippen LogP contribution in [0.3, 0.4) is 0 Å². The molecule has 0 aromatic heterocycles. The van der Waals surface area contributed by atoms with E-state index in [1.54, 1.807) is 4.90 Å². The van der Waals surface area contributed by atoms with Crippen LogP contribution in [0.25, 0.3) is 0 Å². The fraction of sp³-hybridized carbons (Fsp3) is 0.846. The van der Waals surface area contributed by atoms with Crippen LogP contribution in [0.15, 0.2) is 30.3 Å². The Balaban J connectivity index is 1.24. The minimum absolute atomic E-state index is 0.0262. The predicted octanol–water partition coefficient (Wildman–Crippen LogP) is 11.0. The number of carbonyl (C=O) groups is 10. The Morgan fingerprint density at radius 3 is 0.958 bits per heavy atom. The number of nitrogens with zero attached hydrogens (tertiary/aromatic N) is 1. The Morgan fingerprint density at radius 1 is 0.310 bits per heavy atom. The van der Waals surface area contributed by atoms with E-state index in [9.17, 15) is 47.9 Å². The highest BCUT2D eigenvalue weighted by atomic mass is 16.7. The van der Waals surface area contributed by atoms with Gasteiger partial charge in [-0.15, -0.1) is 0 Å². The van der Waals surface area contributed by atoms with Gasteiger partial charge in [0.25, 0.3) is 0 Å². The number of rotatable bonds is 91. The Hall–Kier alpha value is -6.32. The number of esters is 3. The summed E-state index contributed by atoms with van der Waals surface area (Å²) >= 11 is 0. The second-order valence-corrected chi connectivity index (χ2v) is 37.2. The maximum atomic E-state index is 14.3. The van der Waals surface area contributed by atoms with E-state index in [4.69, 9.17) is 118 Å². The molecule has 15 atom stereocenters. The molecule has 0 bridgehead atoms. The first-order valence-corrected chi connectivity index (χ1v) is 52.1. The van der Waals surface area contributed by atoms with Crippen LogP contribution < -0.4 is 10.6 Å². The van der Waals surface area contributed by atoms with E-state index in [0.29, 0.717) is 247 Å². The average Bonchev–Trinajstić information content (AvgIpc) is 0.814. The molecule has 142 heavy (non-hydrogen) atoms. The molecule has 38 nitrogen and oxygen atoms in total. The zero-order valence-electron chi connectivity index (χ0n) is 88.0. The molecule has 4 rings (SSSR count). The molecule has 3 heterocycles. The van der Waals surface area contributed by atoms with Gasteiger partial charge in [0.1, 0.15) is 49.6 Å². The maximum absolute atomic E-state index is 14.3. The summed E-state index contributed by atoms with van der Waals surface area (Å²) in [6, 6.07) is 9.26. The number of hydrogen-bond acceptors (Lipinski definition) is 35. The molecule has 0 spiro atoms. The second kappa shape index (κ2) is 81.7. The SMILES string of the molecule is CCCCC(=O)N(CCNC(=O)CCC(=O)CC(COCCCOCCC(=O)CCCOCCOCCOCCOC1OC(COC(C)=O)C(C)C(C)C1C)(COCCCOCCC(=O)CCCOCCOCCOCCOC1OC(COC(C)=O)C(C)C(C)C1C)COCCCOCCC(=O)CCCOCCOCCOCCOC1OC(COC(C)=O)C(C)C(C)C1C)CCNC(=O)OCc1ccccc1. The highest BCUT2D eigenvalue weighted by Crippen LogP contribution is 2.39. The van der Waals surface area contributed by atoms with Crippen molar-refractivity contribution in [3.8, 4) is 0 Å². The van der Waals surface area contributed by atoms with Gasteiger partial charge in [-0.2, -0.15) is 0 Å². The lowest BCUT2D eigenvalue weighted by molar-refractivity contribution is -0.258. The molecular formula is C104H179N3O35. The molecule has 1 aromatic rings. The molecule has 1 aromatic carbocycles. The van der Waals surface area contributed by atoms with Gasteiger partial charge in [0, 0.05) is 194 Å². The smallest absolute Gasteiger partial charge is 0.407 e. The van der Waals surface area contributed by atoms with Crippen LogP contribution in [0.4, 0.5) is 4.79 Å². The molecule has 820 valence electrons. The number of ketones is 4. The van der Waals surface area contributed by atoms with E-state index in [-0.39, 0.29) is 251 Å².